The lowest BCUT2D eigenvalue weighted by molar-refractivity contribution is -0.116. The molecule has 2 heterocycles. The molecule has 0 bridgehead atoms. The van der Waals surface area contributed by atoms with E-state index in [0.29, 0.717) is 12.3 Å². The highest BCUT2D eigenvalue weighted by Crippen LogP contribution is 2.24. The number of H-pyrrole nitrogens is 1. The first-order valence-corrected chi connectivity index (χ1v) is 8.67. The van der Waals surface area contributed by atoms with Crippen LogP contribution in [-0.4, -0.2) is 20.9 Å². The van der Waals surface area contributed by atoms with Crippen LogP contribution < -0.4 is 10.6 Å². The molecule has 2 aromatic heterocycles. The molecule has 0 saturated heterocycles. The number of rotatable bonds is 7. The maximum absolute atomic E-state index is 11.9. The van der Waals surface area contributed by atoms with E-state index in [2.05, 4.69) is 25.6 Å². The van der Waals surface area contributed by atoms with Gasteiger partial charge < -0.3 is 15.6 Å². The average molecular weight is 349 g/mol. The van der Waals surface area contributed by atoms with Crippen LogP contribution in [-0.2, 0) is 4.79 Å². The fraction of sp³-hybridized carbons (Fsp3) is 0.250. The molecule has 3 N–H and O–H groups in total. The third-order valence-electron chi connectivity index (χ3n) is 3.88. The molecule has 0 aliphatic heterocycles. The van der Waals surface area contributed by atoms with Crippen molar-refractivity contribution in [3.8, 4) is 0 Å². The molecule has 0 aliphatic carbocycles. The van der Waals surface area contributed by atoms with Crippen LogP contribution in [0, 0.1) is 5.92 Å². The molecule has 3 rings (SSSR count). The molecule has 0 radical (unpaired) electrons. The summed E-state index contributed by atoms with van der Waals surface area (Å²) in [5, 5.41) is 6.38. The normalized spacial score (nSPS) is 12.0. The Morgan fingerprint density at radius 3 is 2.50 bits per heavy atom. The third kappa shape index (κ3) is 4.69. The van der Waals surface area contributed by atoms with Crippen molar-refractivity contribution >= 4 is 17.3 Å². The van der Waals surface area contributed by atoms with Crippen molar-refractivity contribution in [2.75, 3.05) is 10.6 Å². The van der Waals surface area contributed by atoms with Crippen LogP contribution in [0.2, 0.25) is 0 Å². The lowest BCUT2D eigenvalue weighted by atomic mass is 10.1. The van der Waals surface area contributed by atoms with Crippen LogP contribution in [0.5, 0.6) is 0 Å². The molecule has 1 atom stereocenters. The Hall–Kier alpha value is -3.15. The number of hydrogen-bond acceptors (Lipinski definition) is 4. The van der Waals surface area contributed by atoms with E-state index in [9.17, 15) is 4.79 Å². The summed E-state index contributed by atoms with van der Waals surface area (Å²) in [5.41, 5.74) is 2.73. The summed E-state index contributed by atoms with van der Waals surface area (Å²) in [6, 6.07) is 11.4. The van der Waals surface area contributed by atoms with E-state index in [0.717, 1.165) is 22.8 Å². The second-order valence-corrected chi connectivity index (χ2v) is 6.56. The molecular weight excluding hydrogens is 326 g/mol. The van der Waals surface area contributed by atoms with Gasteiger partial charge in [0.15, 0.2) is 0 Å². The molecule has 0 aliphatic rings. The molecule has 6 heteroatoms. The number of nitrogens with one attached hydrogen (secondary N) is 3. The first-order valence-electron chi connectivity index (χ1n) is 8.67. The minimum Gasteiger partial charge on any atom is -0.371 e. The van der Waals surface area contributed by atoms with Crippen molar-refractivity contribution in [1.29, 1.82) is 0 Å². The Kier molecular flexibility index (Phi) is 5.63. The number of benzene rings is 1. The number of carbonyl (C=O) groups excluding carboxylic acids is 1. The zero-order valence-corrected chi connectivity index (χ0v) is 14.9. The lowest BCUT2D eigenvalue weighted by Crippen LogP contribution is -2.15. The van der Waals surface area contributed by atoms with E-state index in [1.54, 1.807) is 18.6 Å². The Balaban J connectivity index is 1.73. The minimum atomic E-state index is -0.139. The van der Waals surface area contributed by atoms with Crippen molar-refractivity contribution in [2.24, 2.45) is 5.92 Å². The van der Waals surface area contributed by atoms with E-state index >= 15 is 0 Å². The zero-order valence-electron chi connectivity index (χ0n) is 14.9. The number of anilines is 2. The molecule has 0 spiro atoms. The molecule has 0 fully saturated rings. The van der Waals surface area contributed by atoms with Gasteiger partial charge in [0.1, 0.15) is 11.9 Å². The Labute approximate surface area is 153 Å². The van der Waals surface area contributed by atoms with Crippen molar-refractivity contribution in [2.45, 2.75) is 26.3 Å². The SMILES string of the molecule is CC(C)CC(=O)Nc1ccc(N[C@H](c2cccnc2)c2ncc[nH]2)cc1. The van der Waals surface area contributed by atoms with Gasteiger partial charge in [0.05, 0.1) is 0 Å². The molecule has 1 aromatic carbocycles. The van der Waals surface area contributed by atoms with Crippen LogP contribution >= 0.6 is 0 Å². The smallest absolute Gasteiger partial charge is 0.224 e. The van der Waals surface area contributed by atoms with E-state index in [-0.39, 0.29) is 11.9 Å². The number of nitrogens with zero attached hydrogens (tertiary/aromatic N) is 2. The van der Waals surface area contributed by atoms with E-state index in [1.165, 1.54) is 0 Å². The van der Waals surface area contributed by atoms with E-state index < -0.39 is 0 Å². The van der Waals surface area contributed by atoms with Gasteiger partial charge in [0.2, 0.25) is 5.91 Å². The maximum atomic E-state index is 11.9. The van der Waals surface area contributed by atoms with Gasteiger partial charge in [-0.05, 0) is 36.2 Å². The van der Waals surface area contributed by atoms with Crippen LogP contribution in [0.25, 0.3) is 0 Å². The first-order chi connectivity index (χ1) is 12.6. The maximum Gasteiger partial charge on any atom is 0.224 e. The second-order valence-electron chi connectivity index (χ2n) is 6.56. The summed E-state index contributed by atoms with van der Waals surface area (Å²) in [6.45, 7) is 4.06. The van der Waals surface area contributed by atoms with Gasteiger partial charge in [-0.2, -0.15) is 0 Å². The molecule has 3 aromatic rings. The summed E-state index contributed by atoms with van der Waals surface area (Å²) in [6.07, 6.45) is 7.61. The number of carbonyl (C=O) groups is 1. The highest BCUT2D eigenvalue weighted by atomic mass is 16.1. The molecule has 0 unspecified atom stereocenters. The zero-order chi connectivity index (χ0) is 18.4. The van der Waals surface area contributed by atoms with E-state index in [4.69, 9.17) is 0 Å². The van der Waals surface area contributed by atoms with Crippen molar-refractivity contribution < 1.29 is 4.79 Å². The third-order valence-corrected chi connectivity index (χ3v) is 3.88. The standard InChI is InChI=1S/C20H23N5O/c1-14(2)12-18(26)24-16-5-7-17(8-6-16)25-19(20-22-10-11-23-20)15-4-3-9-21-13-15/h3-11,13-14,19,25H,12H2,1-2H3,(H,22,23)(H,24,26)/t19-/m1/s1. The molecule has 26 heavy (non-hydrogen) atoms. The van der Waals surface area contributed by atoms with Gasteiger partial charge in [-0.15, -0.1) is 0 Å². The number of aromatic nitrogens is 3. The van der Waals surface area contributed by atoms with Gasteiger partial charge in [0.25, 0.3) is 0 Å². The van der Waals surface area contributed by atoms with Gasteiger partial charge in [-0.3, -0.25) is 9.78 Å². The molecule has 1 amide bonds. The molecular formula is C20H23N5O. The van der Waals surface area contributed by atoms with Crippen LogP contribution in [0.15, 0.2) is 61.2 Å². The first kappa shape index (κ1) is 17.7. The quantitative estimate of drug-likeness (QED) is 0.602. The van der Waals surface area contributed by atoms with Crippen molar-refractivity contribution in [3.05, 3.63) is 72.6 Å². The monoisotopic (exact) mass is 349 g/mol. The van der Waals surface area contributed by atoms with Crippen molar-refractivity contribution in [1.82, 2.24) is 15.0 Å². The number of imidazole rings is 1. The fourth-order valence-corrected chi connectivity index (χ4v) is 2.69. The Morgan fingerprint density at radius 1 is 1.12 bits per heavy atom. The topological polar surface area (TPSA) is 82.7 Å². The lowest BCUT2D eigenvalue weighted by Gasteiger charge is -2.18. The summed E-state index contributed by atoms with van der Waals surface area (Å²) in [5.74, 6) is 1.18. The summed E-state index contributed by atoms with van der Waals surface area (Å²) in [7, 11) is 0. The predicted octanol–water partition coefficient (Wildman–Crippen LogP) is 3.99. The van der Waals surface area contributed by atoms with Gasteiger partial charge >= 0.3 is 0 Å². The number of hydrogen-bond donors (Lipinski definition) is 3. The fourth-order valence-electron chi connectivity index (χ4n) is 2.69. The highest BCUT2D eigenvalue weighted by molar-refractivity contribution is 5.90. The van der Waals surface area contributed by atoms with Crippen LogP contribution in [0.1, 0.15) is 37.7 Å². The van der Waals surface area contributed by atoms with E-state index in [1.807, 2.05) is 56.4 Å². The Bertz CT molecular complexity index is 813. The summed E-state index contributed by atoms with van der Waals surface area (Å²) in [4.78, 5) is 23.6. The number of aromatic amines is 1. The molecule has 134 valence electrons. The number of pyridine rings is 1. The molecule has 0 saturated carbocycles. The average Bonchev–Trinajstić information content (AvgIpc) is 3.15. The predicted molar refractivity (Wildman–Crippen MR) is 103 cm³/mol. The molecule has 6 nitrogen and oxygen atoms in total. The van der Waals surface area contributed by atoms with Crippen LogP contribution in [0.4, 0.5) is 11.4 Å². The second kappa shape index (κ2) is 8.29. The number of amides is 1. The Morgan fingerprint density at radius 2 is 1.88 bits per heavy atom. The van der Waals surface area contributed by atoms with Gasteiger partial charge in [-0.1, -0.05) is 19.9 Å². The largest absolute Gasteiger partial charge is 0.371 e. The van der Waals surface area contributed by atoms with Gasteiger partial charge in [0, 0.05) is 48.1 Å². The summed E-state index contributed by atoms with van der Waals surface area (Å²) < 4.78 is 0. The minimum absolute atomic E-state index is 0.0320. The van der Waals surface area contributed by atoms with Crippen molar-refractivity contribution in [3.63, 3.8) is 0 Å². The highest BCUT2D eigenvalue weighted by Gasteiger charge is 2.16. The summed E-state index contributed by atoms with van der Waals surface area (Å²) >= 11 is 0. The van der Waals surface area contributed by atoms with Crippen LogP contribution in [0.3, 0.4) is 0 Å². The van der Waals surface area contributed by atoms with Gasteiger partial charge in [-0.25, -0.2) is 4.98 Å².